The highest BCUT2D eigenvalue weighted by Crippen LogP contribution is 2.31. The minimum Gasteiger partial charge on any atom is -0.467 e. The molecule has 0 aliphatic heterocycles. The van der Waals surface area contributed by atoms with Crippen molar-refractivity contribution in [2.75, 3.05) is 7.11 Å². The molecule has 8 heteroatoms. The van der Waals surface area contributed by atoms with Crippen LogP contribution in [0, 0.1) is 0 Å². The number of methoxy groups -OCH3 is 1. The fourth-order valence-electron chi connectivity index (χ4n) is 3.51. The predicted octanol–water partition coefficient (Wildman–Crippen LogP) is 3.42. The van der Waals surface area contributed by atoms with Crippen LogP contribution in [-0.2, 0) is 20.7 Å². The second-order valence-electron chi connectivity index (χ2n) is 7.42. The first kappa shape index (κ1) is 21.9. The molecule has 0 bridgehead atoms. The third kappa shape index (κ3) is 5.12. The van der Waals surface area contributed by atoms with Crippen LogP contribution in [0.1, 0.15) is 12.5 Å². The van der Waals surface area contributed by atoms with Crippen molar-refractivity contribution in [1.82, 2.24) is 25.3 Å². The average Bonchev–Trinajstić information content (AvgIpc) is 3.30. The van der Waals surface area contributed by atoms with E-state index in [0.29, 0.717) is 17.9 Å². The van der Waals surface area contributed by atoms with Gasteiger partial charge in [0, 0.05) is 31.3 Å². The van der Waals surface area contributed by atoms with E-state index in [2.05, 4.69) is 20.3 Å². The van der Waals surface area contributed by atoms with Crippen molar-refractivity contribution in [1.29, 1.82) is 0 Å². The highest BCUT2D eigenvalue weighted by Gasteiger charge is 2.21. The normalized spacial score (nSPS) is 11.6. The summed E-state index contributed by atoms with van der Waals surface area (Å²) < 4.78 is 4.80. The third-order valence-corrected chi connectivity index (χ3v) is 5.06. The summed E-state index contributed by atoms with van der Waals surface area (Å²) in [6.07, 6.45) is 3.79. The molecular formula is C25H23N5O3. The van der Waals surface area contributed by atoms with Crippen molar-refractivity contribution in [3.63, 3.8) is 0 Å². The standard InChI is InChI=1S/C25H23N5O3/c1-16(31)28-21(25(32)33-2)15-17-9-11-18(12-10-17)24-29-22(19-7-3-5-13-26-19)23(30-24)20-8-4-6-14-27-20/h3-14,21H,15H2,1-2H3,(H,28,31)(H,29,30)/t21-/m0/s1. The van der Waals surface area contributed by atoms with Crippen LogP contribution in [-0.4, -0.2) is 45.0 Å². The molecule has 0 aliphatic carbocycles. The number of nitrogens with zero attached hydrogens (tertiary/aromatic N) is 3. The molecule has 0 aliphatic rings. The van der Waals surface area contributed by atoms with E-state index in [4.69, 9.17) is 9.72 Å². The first-order valence-electron chi connectivity index (χ1n) is 10.4. The lowest BCUT2D eigenvalue weighted by atomic mass is 10.0. The molecule has 0 saturated carbocycles. The smallest absolute Gasteiger partial charge is 0.328 e. The van der Waals surface area contributed by atoms with Crippen LogP contribution >= 0.6 is 0 Å². The van der Waals surface area contributed by atoms with Gasteiger partial charge in [-0.25, -0.2) is 9.78 Å². The molecule has 166 valence electrons. The number of pyridine rings is 2. The minimum atomic E-state index is -0.742. The number of carbonyl (C=O) groups excluding carboxylic acids is 2. The molecule has 2 N–H and O–H groups in total. The summed E-state index contributed by atoms with van der Waals surface area (Å²) in [5.74, 6) is -0.101. The summed E-state index contributed by atoms with van der Waals surface area (Å²) in [6, 6.07) is 18.3. The van der Waals surface area contributed by atoms with Crippen molar-refractivity contribution in [2.45, 2.75) is 19.4 Å². The number of esters is 1. The van der Waals surface area contributed by atoms with Gasteiger partial charge in [-0.2, -0.15) is 0 Å². The summed E-state index contributed by atoms with van der Waals surface area (Å²) in [6.45, 7) is 1.37. The zero-order valence-electron chi connectivity index (χ0n) is 18.3. The molecule has 8 nitrogen and oxygen atoms in total. The lowest BCUT2D eigenvalue weighted by molar-refractivity contribution is -0.144. The molecule has 4 aromatic rings. The molecule has 1 atom stereocenters. The number of carbonyl (C=O) groups is 2. The lowest BCUT2D eigenvalue weighted by Crippen LogP contribution is -2.41. The first-order valence-corrected chi connectivity index (χ1v) is 10.4. The quantitative estimate of drug-likeness (QED) is 0.425. The maximum Gasteiger partial charge on any atom is 0.328 e. The molecule has 0 radical (unpaired) electrons. The maximum atomic E-state index is 12.0. The Bertz CT molecular complexity index is 1180. The summed E-state index contributed by atoms with van der Waals surface area (Å²) in [4.78, 5) is 40.5. The van der Waals surface area contributed by atoms with Crippen molar-refractivity contribution in [2.24, 2.45) is 0 Å². The zero-order chi connectivity index (χ0) is 23.2. The van der Waals surface area contributed by atoms with Crippen LogP contribution in [0.25, 0.3) is 34.2 Å². The van der Waals surface area contributed by atoms with Crippen LogP contribution < -0.4 is 5.32 Å². The topological polar surface area (TPSA) is 110 Å². The van der Waals surface area contributed by atoms with E-state index in [9.17, 15) is 9.59 Å². The van der Waals surface area contributed by atoms with Crippen LogP contribution in [0.4, 0.5) is 0 Å². The number of benzene rings is 1. The molecule has 33 heavy (non-hydrogen) atoms. The Labute approximate surface area is 191 Å². The number of hydrogen-bond donors (Lipinski definition) is 2. The lowest BCUT2D eigenvalue weighted by Gasteiger charge is -2.15. The predicted molar refractivity (Wildman–Crippen MR) is 124 cm³/mol. The first-order chi connectivity index (χ1) is 16.0. The molecule has 0 fully saturated rings. The van der Waals surface area contributed by atoms with Gasteiger partial charge in [-0.1, -0.05) is 36.4 Å². The van der Waals surface area contributed by atoms with Crippen molar-refractivity contribution in [3.05, 3.63) is 78.6 Å². The van der Waals surface area contributed by atoms with Crippen LogP contribution in [0.3, 0.4) is 0 Å². The van der Waals surface area contributed by atoms with Gasteiger partial charge in [0.2, 0.25) is 5.91 Å². The number of H-pyrrole nitrogens is 1. The molecule has 1 aromatic carbocycles. The van der Waals surface area contributed by atoms with Crippen LogP contribution in [0.2, 0.25) is 0 Å². The van der Waals surface area contributed by atoms with Gasteiger partial charge in [0.25, 0.3) is 0 Å². The van der Waals surface area contributed by atoms with Gasteiger partial charge in [-0.3, -0.25) is 14.8 Å². The van der Waals surface area contributed by atoms with Crippen molar-refractivity contribution in [3.8, 4) is 34.2 Å². The molecule has 0 saturated heterocycles. The Kier molecular flexibility index (Phi) is 6.54. The number of hydrogen-bond acceptors (Lipinski definition) is 6. The summed E-state index contributed by atoms with van der Waals surface area (Å²) in [5.41, 5.74) is 4.75. The number of amides is 1. The van der Waals surface area contributed by atoms with E-state index in [0.717, 1.165) is 28.2 Å². The van der Waals surface area contributed by atoms with Crippen molar-refractivity contribution >= 4 is 11.9 Å². The van der Waals surface area contributed by atoms with Crippen molar-refractivity contribution < 1.29 is 14.3 Å². The summed E-state index contributed by atoms with van der Waals surface area (Å²) in [7, 11) is 1.30. The molecule has 0 spiro atoms. The Hall–Kier alpha value is -4.33. The summed E-state index contributed by atoms with van der Waals surface area (Å²) in [5, 5.41) is 2.63. The fraction of sp³-hybridized carbons (Fsp3) is 0.160. The van der Waals surface area contributed by atoms with Crippen LogP contribution in [0.15, 0.2) is 73.1 Å². The van der Waals surface area contributed by atoms with E-state index in [1.165, 1.54) is 14.0 Å². The number of ether oxygens (including phenoxy) is 1. The fourth-order valence-corrected chi connectivity index (χ4v) is 3.51. The Morgan fingerprint density at radius 3 is 2.21 bits per heavy atom. The monoisotopic (exact) mass is 441 g/mol. The van der Waals surface area contributed by atoms with E-state index >= 15 is 0 Å². The maximum absolute atomic E-state index is 12.0. The number of rotatable bonds is 7. The Morgan fingerprint density at radius 1 is 0.970 bits per heavy atom. The SMILES string of the molecule is COC(=O)[C@H](Cc1ccc(-c2nc(-c3ccccn3)c(-c3ccccn3)[nH]2)cc1)NC(C)=O. The number of aromatic amines is 1. The van der Waals surface area contributed by atoms with E-state index in [1.54, 1.807) is 12.4 Å². The van der Waals surface area contributed by atoms with Gasteiger partial charge in [0.15, 0.2) is 0 Å². The van der Waals surface area contributed by atoms with E-state index in [1.807, 2.05) is 60.7 Å². The van der Waals surface area contributed by atoms with Crippen LogP contribution in [0.5, 0.6) is 0 Å². The Morgan fingerprint density at radius 2 is 1.64 bits per heavy atom. The molecular weight excluding hydrogens is 418 g/mol. The second-order valence-corrected chi connectivity index (χ2v) is 7.42. The molecule has 4 rings (SSSR count). The number of imidazole rings is 1. The second kappa shape index (κ2) is 9.86. The van der Waals surface area contributed by atoms with Gasteiger partial charge >= 0.3 is 5.97 Å². The zero-order valence-corrected chi connectivity index (χ0v) is 18.3. The van der Waals surface area contributed by atoms with Gasteiger partial charge in [0.05, 0.1) is 24.2 Å². The number of nitrogens with one attached hydrogen (secondary N) is 2. The molecule has 1 amide bonds. The highest BCUT2D eigenvalue weighted by atomic mass is 16.5. The van der Waals surface area contributed by atoms with Gasteiger partial charge in [-0.05, 0) is 29.8 Å². The molecule has 3 heterocycles. The van der Waals surface area contributed by atoms with E-state index in [-0.39, 0.29) is 5.91 Å². The third-order valence-electron chi connectivity index (χ3n) is 5.06. The van der Waals surface area contributed by atoms with Gasteiger partial charge in [0.1, 0.15) is 17.6 Å². The summed E-state index contributed by atoms with van der Waals surface area (Å²) >= 11 is 0. The van der Waals surface area contributed by atoms with Gasteiger partial charge in [-0.15, -0.1) is 0 Å². The largest absolute Gasteiger partial charge is 0.467 e. The average molecular weight is 441 g/mol. The minimum absolute atomic E-state index is 0.290. The highest BCUT2D eigenvalue weighted by molar-refractivity contribution is 5.83. The van der Waals surface area contributed by atoms with Gasteiger partial charge < -0.3 is 15.0 Å². The Balaban J connectivity index is 1.65. The number of aromatic nitrogens is 4. The molecule has 3 aromatic heterocycles. The molecule has 0 unspecified atom stereocenters. The van der Waals surface area contributed by atoms with E-state index < -0.39 is 12.0 Å².